The molecule has 0 aliphatic heterocycles. The Labute approximate surface area is 131 Å². The number of amides is 1. The summed E-state index contributed by atoms with van der Waals surface area (Å²) in [5.74, 6) is 1.66. The minimum Gasteiger partial charge on any atom is -0.388 e. The van der Waals surface area contributed by atoms with E-state index in [9.17, 15) is 9.90 Å². The molecule has 0 unspecified atom stereocenters. The summed E-state index contributed by atoms with van der Waals surface area (Å²) in [7, 11) is 0. The van der Waals surface area contributed by atoms with Gasteiger partial charge < -0.3 is 10.4 Å². The molecule has 2 N–H and O–H groups in total. The van der Waals surface area contributed by atoms with Crippen LogP contribution in [-0.2, 0) is 4.79 Å². The molecule has 0 saturated heterocycles. The van der Waals surface area contributed by atoms with Gasteiger partial charge in [0.15, 0.2) is 0 Å². The third-order valence-corrected chi connectivity index (χ3v) is 5.17. The second-order valence-electron chi connectivity index (χ2n) is 5.88. The number of nitrogens with one attached hydrogen (secondary N) is 1. The van der Waals surface area contributed by atoms with Crippen LogP contribution in [0.1, 0.15) is 44.3 Å². The van der Waals surface area contributed by atoms with Gasteiger partial charge in [0, 0.05) is 11.8 Å². The summed E-state index contributed by atoms with van der Waals surface area (Å²) < 4.78 is 0. The van der Waals surface area contributed by atoms with Crippen LogP contribution in [0.2, 0.25) is 0 Å². The Morgan fingerprint density at radius 1 is 1.33 bits per heavy atom. The SMILES string of the molecule is C[C@@H]1CCCC[C@@H]1NC(=O)CSC[C@H](O)c1ccccc1. The van der Waals surface area contributed by atoms with Gasteiger partial charge in [0.05, 0.1) is 11.9 Å². The lowest BCUT2D eigenvalue weighted by Crippen LogP contribution is -2.41. The normalized spacial score (nSPS) is 23.5. The van der Waals surface area contributed by atoms with E-state index < -0.39 is 6.10 Å². The largest absolute Gasteiger partial charge is 0.388 e. The van der Waals surface area contributed by atoms with Crippen LogP contribution in [0.25, 0.3) is 0 Å². The maximum Gasteiger partial charge on any atom is 0.230 e. The molecule has 3 atom stereocenters. The van der Waals surface area contributed by atoms with Gasteiger partial charge in [-0.2, -0.15) is 0 Å². The molecule has 0 radical (unpaired) electrons. The number of aliphatic hydroxyl groups excluding tert-OH is 1. The summed E-state index contributed by atoms with van der Waals surface area (Å²) in [5.41, 5.74) is 0.909. The van der Waals surface area contributed by atoms with Gasteiger partial charge in [-0.3, -0.25) is 4.79 Å². The molecule has 2 rings (SSSR count). The van der Waals surface area contributed by atoms with Crippen molar-refractivity contribution in [3.63, 3.8) is 0 Å². The van der Waals surface area contributed by atoms with Gasteiger partial charge in [0.2, 0.25) is 5.91 Å². The Morgan fingerprint density at radius 3 is 2.76 bits per heavy atom. The molecule has 4 heteroatoms. The fraction of sp³-hybridized carbons (Fsp3) is 0.588. The predicted octanol–water partition coefficient (Wildman–Crippen LogP) is 3.15. The summed E-state index contributed by atoms with van der Waals surface area (Å²) in [6.45, 7) is 2.22. The van der Waals surface area contributed by atoms with Crippen molar-refractivity contribution in [2.24, 2.45) is 5.92 Å². The molecule has 1 saturated carbocycles. The maximum absolute atomic E-state index is 12.0. The van der Waals surface area contributed by atoms with E-state index in [2.05, 4.69) is 12.2 Å². The second-order valence-corrected chi connectivity index (χ2v) is 6.91. The van der Waals surface area contributed by atoms with Crippen molar-refractivity contribution in [3.05, 3.63) is 35.9 Å². The van der Waals surface area contributed by atoms with E-state index in [1.807, 2.05) is 30.3 Å². The first-order valence-electron chi connectivity index (χ1n) is 7.77. The number of aliphatic hydroxyl groups is 1. The zero-order valence-corrected chi connectivity index (χ0v) is 13.4. The highest BCUT2D eigenvalue weighted by atomic mass is 32.2. The lowest BCUT2D eigenvalue weighted by atomic mass is 9.86. The minimum absolute atomic E-state index is 0.0963. The van der Waals surface area contributed by atoms with Crippen LogP contribution >= 0.6 is 11.8 Å². The highest BCUT2D eigenvalue weighted by Gasteiger charge is 2.22. The van der Waals surface area contributed by atoms with Crippen molar-refractivity contribution in [3.8, 4) is 0 Å². The van der Waals surface area contributed by atoms with Gasteiger partial charge in [-0.05, 0) is 24.3 Å². The Hall–Kier alpha value is -1.00. The number of hydrogen-bond donors (Lipinski definition) is 2. The van der Waals surface area contributed by atoms with E-state index in [1.165, 1.54) is 31.0 Å². The molecule has 1 aromatic rings. The van der Waals surface area contributed by atoms with Crippen LogP contribution < -0.4 is 5.32 Å². The van der Waals surface area contributed by atoms with Crippen LogP contribution in [-0.4, -0.2) is 28.6 Å². The highest BCUT2D eigenvalue weighted by Crippen LogP contribution is 2.24. The van der Waals surface area contributed by atoms with Crippen molar-refractivity contribution in [2.45, 2.75) is 44.8 Å². The van der Waals surface area contributed by atoms with Gasteiger partial charge >= 0.3 is 0 Å². The van der Waals surface area contributed by atoms with Crippen molar-refractivity contribution in [1.82, 2.24) is 5.32 Å². The molecule has 0 heterocycles. The van der Waals surface area contributed by atoms with Crippen LogP contribution in [0, 0.1) is 5.92 Å². The molecule has 0 aromatic heterocycles. The number of benzene rings is 1. The van der Waals surface area contributed by atoms with E-state index in [4.69, 9.17) is 0 Å². The van der Waals surface area contributed by atoms with E-state index in [-0.39, 0.29) is 5.91 Å². The van der Waals surface area contributed by atoms with Crippen LogP contribution in [0.15, 0.2) is 30.3 Å². The lowest BCUT2D eigenvalue weighted by Gasteiger charge is -2.29. The maximum atomic E-state index is 12.0. The number of rotatable bonds is 6. The van der Waals surface area contributed by atoms with Gasteiger partial charge in [0.25, 0.3) is 0 Å². The molecular formula is C17H25NO2S. The Morgan fingerprint density at radius 2 is 2.05 bits per heavy atom. The third-order valence-electron chi connectivity index (χ3n) is 4.15. The van der Waals surface area contributed by atoms with Crippen molar-refractivity contribution < 1.29 is 9.90 Å². The monoisotopic (exact) mass is 307 g/mol. The molecule has 1 fully saturated rings. The van der Waals surface area contributed by atoms with Crippen LogP contribution in [0.4, 0.5) is 0 Å². The van der Waals surface area contributed by atoms with Gasteiger partial charge in [-0.15, -0.1) is 11.8 Å². The number of thioether (sulfide) groups is 1. The molecule has 0 bridgehead atoms. The van der Waals surface area contributed by atoms with E-state index in [0.29, 0.717) is 23.5 Å². The van der Waals surface area contributed by atoms with E-state index >= 15 is 0 Å². The fourth-order valence-corrected chi connectivity index (χ4v) is 3.62. The Kier molecular flexibility index (Phi) is 6.58. The average Bonchev–Trinajstić information content (AvgIpc) is 2.50. The second kappa shape index (κ2) is 8.44. The number of carbonyl (C=O) groups excluding carboxylic acids is 1. The van der Waals surface area contributed by atoms with Gasteiger partial charge in [0.1, 0.15) is 0 Å². The first-order chi connectivity index (χ1) is 10.2. The smallest absolute Gasteiger partial charge is 0.230 e. The van der Waals surface area contributed by atoms with Crippen molar-refractivity contribution in [1.29, 1.82) is 0 Å². The minimum atomic E-state index is -0.502. The van der Waals surface area contributed by atoms with Crippen molar-refractivity contribution in [2.75, 3.05) is 11.5 Å². The third kappa shape index (κ3) is 5.36. The Balaban J connectivity index is 1.67. The number of carbonyl (C=O) groups is 1. The molecule has 1 amide bonds. The van der Waals surface area contributed by atoms with E-state index in [1.54, 1.807) is 0 Å². The summed E-state index contributed by atoms with van der Waals surface area (Å²) in [6.07, 6.45) is 4.31. The summed E-state index contributed by atoms with van der Waals surface area (Å²) in [6, 6.07) is 9.93. The molecule has 0 spiro atoms. The Bertz CT molecular complexity index is 438. The topological polar surface area (TPSA) is 49.3 Å². The first-order valence-corrected chi connectivity index (χ1v) is 8.92. The molecule has 3 nitrogen and oxygen atoms in total. The molecule has 1 aliphatic rings. The summed E-state index contributed by atoms with van der Waals surface area (Å²) in [4.78, 5) is 12.0. The molecule has 1 aromatic carbocycles. The van der Waals surface area contributed by atoms with Gasteiger partial charge in [-0.25, -0.2) is 0 Å². The van der Waals surface area contributed by atoms with Gasteiger partial charge in [-0.1, -0.05) is 50.1 Å². The molecule has 21 heavy (non-hydrogen) atoms. The van der Waals surface area contributed by atoms with Crippen LogP contribution in [0.3, 0.4) is 0 Å². The summed E-state index contributed by atoms with van der Waals surface area (Å²) >= 11 is 1.49. The lowest BCUT2D eigenvalue weighted by molar-refractivity contribution is -0.119. The quantitative estimate of drug-likeness (QED) is 0.849. The zero-order chi connectivity index (χ0) is 15.1. The predicted molar refractivity (Wildman–Crippen MR) is 88.3 cm³/mol. The number of hydrogen-bond acceptors (Lipinski definition) is 3. The molecular weight excluding hydrogens is 282 g/mol. The van der Waals surface area contributed by atoms with E-state index in [0.717, 1.165) is 12.0 Å². The van der Waals surface area contributed by atoms with Crippen molar-refractivity contribution >= 4 is 17.7 Å². The molecule has 116 valence electrons. The standard InChI is InChI=1S/C17H25NO2S/c1-13-7-5-6-10-15(13)18-17(20)12-21-11-16(19)14-8-3-2-4-9-14/h2-4,8-9,13,15-16,19H,5-7,10-12H2,1H3,(H,18,20)/t13-,15+,16+/m1/s1. The summed E-state index contributed by atoms with van der Waals surface area (Å²) in [5, 5.41) is 13.2. The highest BCUT2D eigenvalue weighted by molar-refractivity contribution is 7.99. The fourth-order valence-electron chi connectivity index (χ4n) is 2.81. The zero-order valence-electron chi connectivity index (χ0n) is 12.6. The average molecular weight is 307 g/mol. The first kappa shape index (κ1) is 16.4. The van der Waals surface area contributed by atoms with Crippen LogP contribution in [0.5, 0.6) is 0 Å². The molecule has 1 aliphatic carbocycles.